The highest BCUT2D eigenvalue weighted by Crippen LogP contribution is 2.49. The Morgan fingerprint density at radius 3 is 2.85 bits per heavy atom. The van der Waals surface area contributed by atoms with Crippen LogP contribution < -0.4 is 10.5 Å². The van der Waals surface area contributed by atoms with Crippen LogP contribution in [-0.2, 0) is 21.3 Å². The van der Waals surface area contributed by atoms with E-state index in [1.54, 1.807) is 18.9 Å². The molecule has 1 aromatic rings. The average molecular weight is 361 g/mol. The predicted molar refractivity (Wildman–Crippen MR) is 91.1 cm³/mol. The molecule has 3 N–H and O–H groups in total. The lowest BCUT2D eigenvalue weighted by atomic mass is 9.66. The minimum Gasteiger partial charge on any atom is -0.450 e. The molecule has 9 heteroatoms. The van der Waals surface area contributed by atoms with Crippen molar-refractivity contribution in [3.63, 3.8) is 0 Å². The van der Waals surface area contributed by atoms with Gasteiger partial charge in [-0.25, -0.2) is 4.79 Å². The molecular weight excluding hydrogens is 338 g/mol. The number of methoxy groups -OCH3 is 1. The normalized spacial score (nSPS) is 18.3. The Balaban J connectivity index is 1.96. The average Bonchev–Trinajstić information content (AvgIpc) is 3.04. The number of hydrogen-bond donors (Lipinski definition) is 2. The van der Waals surface area contributed by atoms with Gasteiger partial charge in [0, 0.05) is 43.3 Å². The summed E-state index contributed by atoms with van der Waals surface area (Å²) in [5, 5.41) is 17.0. The summed E-state index contributed by atoms with van der Waals surface area (Å²) >= 11 is 0. The zero-order valence-electron chi connectivity index (χ0n) is 15.0. The maximum Gasteiger partial charge on any atom is 0.409 e. The van der Waals surface area contributed by atoms with Gasteiger partial charge in [0.15, 0.2) is 0 Å². The van der Waals surface area contributed by atoms with Crippen molar-refractivity contribution in [2.45, 2.75) is 31.6 Å². The van der Waals surface area contributed by atoms with Crippen molar-refractivity contribution >= 4 is 6.09 Å². The van der Waals surface area contributed by atoms with Crippen LogP contribution in [0.5, 0.6) is 5.88 Å². The first kappa shape index (κ1) is 18.1. The van der Waals surface area contributed by atoms with E-state index in [2.05, 4.69) is 16.3 Å². The van der Waals surface area contributed by atoms with Crippen molar-refractivity contribution in [2.24, 2.45) is 5.73 Å². The zero-order chi connectivity index (χ0) is 18.7. The fourth-order valence-corrected chi connectivity index (χ4v) is 3.78. The molecule has 3 heterocycles. The van der Waals surface area contributed by atoms with E-state index in [0.717, 1.165) is 11.3 Å². The van der Waals surface area contributed by atoms with E-state index in [0.29, 0.717) is 57.0 Å². The second-order valence-electron chi connectivity index (χ2n) is 6.35. The molecule has 0 saturated carbocycles. The van der Waals surface area contributed by atoms with Crippen LogP contribution in [0.25, 0.3) is 0 Å². The summed E-state index contributed by atoms with van der Waals surface area (Å²) in [4.78, 5) is 13.7. The third-order valence-electron chi connectivity index (χ3n) is 5.03. The number of aromatic nitrogens is 2. The monoisotopic (exact) mass is 361 g/mol. The van der Waals surface area contributed by atoms with Crippen LogP contribution in [0.1, 0.15) is 31.0 Å². The van der Waals surface area contributed by atoms with Gasteiger partial charge >= 0.3 is 6.09 Å². The number of nitrogens with one attached hydrogen (secondary N) is 1. The number of rotatable bonds is 4. The summed E-state index contributed by atoms with van der Waals surface area (Å²) < 4.78 is 15.8. The molecule has 140 valence electrons. The number of carbonyl (C=O) groups excluding carboxylic acids is 1. The summed E-state index contributed by atoms with van der Waals surface area (Å²) in [6.45, 7) is 3.55. The number of aromatic amines is 1. The Morgan fingerprint density at radius 1 is 1.50 bits per heavy atom. The molecule has 2 aliphatic heterocycles. The van der Waals surface area contributed by atoms with Gasteiger partial charge in [-0.3, -0.25) is 5.10 Å². The molecule has 1 saturated heterocycles. The lowest BCUT2D eigenvalue weighted by Gasteiger charge is -2.43. The fourth-order valence-electron chi connectivity index (χ4n) is 3.78. The molecule has 1 aromatic heterocycles. The van der Waals surface area contributed by atoms with Crippen molar-refractivity contribution in [3.8, 4) is 11.9 Å². The minimum atomic E-state index is -0.620. The maximum absolute atomic E-state index is 12.0. The molecule has 1 amide bonds. The number of allylic oxidation sites excluding steroid dienone is 1. The Hall–Kier alpha value is -2.73. The summed E-state index contributed by atoms with van der Waals surface area (Å²) in [6, 6.07) is 2.22. The number of nitrogens with two attached hydrogens (primary N) is 1. The van der Waals surface area contributed by atoms with Crippen LogP contribution in [0.4, 0.5) is 4.79 Å². The van der Waals surface area contributed by atoms with Gasteiger partial charge in [-0.05, 0) is 19.8 Å². The van der Waals surface area contributed by atoms with Crippen molar-refractivity contribution < 1.29 is 19.0 Å². The number of amides is 1. The molecule has 0 radical (unpaired) electrons. The highest BCUT2D eigenvalue weighted by Gasteiger charge is 2.49. The smallest absolute Gasteiger partial charge is 0.409 e. The summed E-state index contributed by atoms with van der Waals surface area (Å²) in [7, 11) is 1.63. The Morgan fingerprint density at radius 2 is 2.23 bits per heavy atom. The zero-order valence-corrected chi connectivity index (χ0v) is 15.0. The van der Waals surface area contributed by atoms with Crippen LogP contribution >= 0.6 is 0 Å². The Labute approximate surface area is 151 Å². The van der Waals surface area contributed by atoms with Crippen molar-refractivity contribution in [3.05, 3.63) is 22.7 Å². The standard InChI is InChI=1S/C17H23N5O4/c1-3-25-16(23)22-7-5-17(6-8-22)11(10-18)14(19)26-15-13(17)12(20-21-15)4-9-24-2/h3-9,19H2,1-2H3,(H,20,21). The molecule has 0 atom stereocenters. The molecule has 0 unspecified atom stereocenters. The van der Waals surface area contributed by atoms with Crippen molar-refractivity contribution in [1.29, 1.82) is 5.26 Å². The number of hydrogen-bond acceptors (Lipinski definition) is 7. The van der Waals surface area contributed by atoms with Crippen molar-refractivity contribution in [1.82, 2.24) is 15.1 Å². The number of nitrogens with zero attached hydrogens (tertiary/aromatic N) is 3. The van der Waals surface area contributed by atoms with E-state index in [4.69, 9.17) is 19.9 Å². The molecule has 26 heavy (non-hydrogen) atoms. The van der Waals surface area contributed by atoms with E-state index in [9.17, 15) is 10.1 Å². The fraction of sp³-hybridized carbons (Fsp3) is 0.588. The third kappa shape index (κ3) is 2.86. The van der Waals surface area contributed by atoms with E-state index < -0.39 is 5.41 Å². The van der Waals surface area contributed by atoms with Gasteiger partial charge in [0.25, 0.3) is 0 Å². The molecule has 3 rings (SSSR count). The van der Waals surface area contributed by atoms with Gasteiger partial charge in [-0.1, -0.05) is 0 Å². The number of fused-ring (bicyclic) bond motifs is 2. The van der Waals surface area contributed by atoms with Gasteiger partial charge in [0.05, 0.1) is 13.2 Å². The number of nitriles is 1. The quantitative estimate of drug-likeness (QED) is 0.824. The SMILES string of the molecule is CCOC(=O)N1CCC2(CC1)C(C#N)=C(N)Oc1n[nH]c(CCOC)c12. The first-order chi connectivity index (χ1) is 12.6. The number of carbonyl (C=O) groups is 1. The summed E-state index contributed by atoms with van der Waals surface area (Å²) in [5.74, 6) is 0.478. The number of ether oxygens (including phenoxy) is 3. The number of H-pyrrole nitrogens is 1. The van der Waals surface area contributed by atoms with Crippen LogP contribution in [0.2, 0.25) is 0 Å². The molecular formula is C17H23N5O4. The maximum atomic E-state index is 12.0. The molecule has 9 nitrogen and oxygen atoms in total. The molecule has 1 spiro atoms. The molecule has 1 fully saturated rings. The predicted octanol–water partition coefficient (Wildman–Crippen LogP) is 1.17. The first-order valence-electron chi connectivity index (χ1n) is 8.64. The lowest BCUT2D eigenvalue weighted by Crippen LogP contribution is -2.48. The van der Waals surface area contributed by atoms with Gasteiger partial charge in [-0.2, -0.15) is 5.26 Å². The third-order valence-corrected chi connectivity index (χ3v) is 5.03. The first-order valence-corrected chi connectivity index (χ1v) is 8.64. The van der Waals surface area contributed by atoms with Gasteiger partial charge in [0.1, 0.15) is 11.6 Å². The number of piperidine rings is 1. The topological polar surface area (TPSA) is 126 Å². The van der Waals surface area contributed by atoms with E-state index in [-0.39, 0.29) is 12.0 Å². The summed E-state index contributed by atoms with van der Waals surface area (Å²) in [6.07, 6.45) is 1.37. The highest BCUT2D eigenvalue weighted by atomic mass is 16.6. The molecule has 0 aromatic carbocycles. The van der Waals surface area contributed by atoms with E-state index in [1.807, 2.05) is 0 Å². The van der Waals surface area contributed by atoms with Crippen LogP contribution in [-0.4, -0.2) is 54.6 Å². The molecule has 0 bridgehead atoms. The van der Waals surface area contributed by atoms with Crippen LogP contribution in [0, 0.1) is 11.3 Å². The van der Waals surface area contributed by atoms with E-state index >= 15 is 0 Å². The number of likely N-dealkylation sites (tertiary alicyclic amines) is 1. The second-order valence-corrected chi connectivity index (χ2v) is 6.35. The van der Waals surface area contributed by atoms with Gasteiger partial charge < -0.3 is 24.8 Å². The lowest BCUT2D eigenvalue weighted by molar-refractivity contribution is 0.0891. The Bertz CT molecular complexity index is 756. The van der Waals surface area contributed by atoms with Gasteiger partial charge in [0.2, 0.25) is 11.8 Å². The van der Waals surface area contributed by atoms with Crippen LogP contribution in [0.15, 0.2) is 11.5 Å². The minimum absolute atomic E-state index is 0.0781. The molecule has 0 aliphatic carbocycles. The van der Waals surface area contributed by atoms with E-state index in [1.165, 1.54) is 0 Å². The van der Waals surface area contributed by atoms with Crippen LogP contribution in [0.3, 0.4) is 0 Å². The molecule has 2 aliphatic rings. The Kier molecular flexibility index (Phi) is 5.04. The largest absolute Gasteiger partial charge is 0.450 e. The highest BCUT2D eigenvalue weighted by molar-refractivity contribution is 5.68. The van der Waals surface area contributed by atoms with Crippen molar-refractivity contribution in [2.75, 3.05) is 33.4 Å². The van der Waals surface area contributed by atoms with Gasteiger partial charge in [-0.15, -0.1) is 5.10 Å². The second kappa shape index (κ2) is 7.25. The summed E-state index contributed by atoms with van der Waals surface area (Å²) in [5.41, 5.74) is 7.51.